The van der Waals surface area contributed by atoms with Gasteiger partial charge in [-0.2, -0.15) is 0 Å². The molecule has 2 atom stereocenters. The van der Waals surface area contributed by atoms with Crippen LogP contribution in [0.2, 0.25) is 0 Å². The van der Waals surface area contributed by atoms with E-state index in [2.05, 4.69) is 17.3 Å². The van der Waals surface area contributed by atoms with Crippen molar-refractivity contribution in [2.45, 2.75) is 50.6 Å². The summed E-state index contributed by atoms with van der Waals surface area (Å²) in [6, 6.07) is 1.49. The molecule has 2 aliphatic rings. The van der Waals surface area contributed by atoms with Gasteiger partial charge in [-0.3, -0.25) is 4.79 Å². The number of nitrogens with one attached hydrogen (secondary N) is 1. The molecular formula is C13H24N2O2. The topological polar surface area (TPSA) is 52.6 Å². The molecule has 0 aromatic rings. The number of aliphatic hydroxyl groups excluding tert-OH is 1. The summed E-state index contributed by atoms with van der Waals surface area (Å²) in [5.74, 6) is 0.743. The Morgan fingerprint density at radius 3 is 2.59 bits per heavy atom. The highest BCUT2D eigenvalue weighted by Crippen LogP contribution is 2.36. The fourth-order valence-corrected chi connectivity index (χ4v) is 3.28. The third kappa shape index (κ3) is 3.19. The molecule has 2 fully saturated rings. The normalized spacial score (nSPS) is 32.7. The first-order chi connectivity index (χ1) is 8.20. The molecule has 2 bridgehead atoms. The van der Waals surface area contributed by atoms with Gasteiger partial charge in [-0.15, -0.1) is 0 Å². The second kappa shape index (κ2) is 5.83. The minimum absolute atomic E-state index is 0.0883. The summed E-state index contributed by atoms with van der Waals surface area (Å²) in [6.07, 6.45) is 6.15. The van der Waals surface area contributed by atoms with E-state index in [1.807, 2.05) is 0 Å². The lowest BCUT2D eigenvalue weighted by Gasteiger charge is -2.36. The standard InChI is InChI=1S/C13H24N2O2/c1-15-11-4-5-12(15)8-10(7-11)9-14-13(17)3-2-6-16/h10-12,16H,2-9H2,1H3,(H,14,17). The van der Waals surface area contributed by atoms with Crippen LogP contribution >= 0.6 is 0 Å². The van der Waals surface area contributed by atoms with E-state index in [1.165, 1.54) is 25.7 Å². The van der Waals surface area contributed by atoms with E-state index < -0.39 is 0 Å². The zero-order valence-electron chi connectivity index (χ0n) is 10.7. The minimum atomic E-state index is 0.0883. The van der Waals surface area contributed by atoms with Gasteiger partial charge in [-0.1, -0.05) is 0 Å². The Balaban J connectivity index is 1.69. The van der Waals surface area contributed by atoms with E-state index in [1.54, 1.807) is 0 Å². The van der Waals surface area contributed by atoms with E-state index in [0.29, 0.717) is 18.8 Å². The van der Waals surface area contributed by atoms with Gasteiger partial charge in [-0.25, -0.2) is 0 Å². The van der Waals surface area contributed by atoms with E-state index >= 15 is 0 Å². The predicted molar refractivity (Wildman–Crippen MR) is 66.6 cm³/mol. The van der Waals surface area contributed by atoms with Crippen molar-refractivity contribution in [3.05, 3.63) is 0 Å². The highest BCUT2D eigenvalue weighted by Gasteiger charge is 2.38. The molecule has 0 aliphatic carbocycles. The summed E-state index contributed by atoms with van der Waals surface area (Å²) in [6.45, 7) is 0.927. The highest BCUT2D eigenvalue weighted by molar-refractivity contribution is 5.75. The third-order valence-corrected chi connectivity index (χ3v) is 4.35. The Morgan fingerprint density at radius 1 is 1.35 bits per heavy atom. The quantitative estimate of drug-likeness (QED) is 0.745. The smallest absolute Gasteiger partial charge is 0.220 e. The molecular weight excluding hydrogens is 216 g/mol. The van der Waals surface area contributed by atoms with Crippen molar-refractivity contribution < 1.29 is 9.90 Å². The molecule has 1 amide bonds. The first kappa shape index (κ1) is 12.8. The largest absolute Gasteiger partial charge is 0.396 e. The molecule has 0 radical (unpaired) electrons. The number of fused-ring (bicyclic) bond motifs is 2. The molecule has 2 unspecified atom stereocenters. The Bertz CT molecular complexity index is 256. The minimum Gasteiger partial charge on any atom is -0.396 e. The zero-order valence-corrected chi connectivity index (χ0v) is 10.7. The Labute approximate surface area is 103 Å². The van der Waals surface area contributed by atoms with Crippen LogP contribution in [-0.2, 0) is 4.79 Å². The lowest BCUT2D eigenvalue weighted by atomic mass is 9.91. The maximum atomic E-state index is 11.5. The molecule has 17 heavy (non-hydrogen) atoms. The Hall–Kier alpha value is -0.610. The van der Waals surface area contributed by atoms with Crippen LogP contribution in [-0.4, -0.2) is 48.2 Å². The predicted octanol–water partition coefficient (Wildman–Crippen LogP) is 0.748. The maximum absolute atomic E-state index is 11.5. The summed E-state index contributed by atoms with van der Waals surface area (Å²) in [5.41, 5.74) is 0. The Morgan fingerprint density at radius 2 is 2.00 bits per heavy atom. The fraction of sp³-hybridized carbons (Fsp3) is 0.923. The molecule has 4 heteroatoms. The van der Waals surface area contributed by atoms with E-state index in [-0.39, 0.29) is 12.5 Å². The molecule has 0 saturated carbocycles. The van der Waals surface area contributed by atoms with Crippen LogP contribution in [0.25, 0.3) is 0 Å². The van der Waals surface area contributed by atoms with E-state index in [0.717, 1.165) is 18.6 Å². The lowest BCUT2D eigenvalue weighted by Crippen LogP contribution is -2.43. The first-order valence-corrected chi connectivity index (χ1v) is 6.80. The molecule has 2 rings (SSSR count). The van der Waals surface area contributed by atoms with Gasteiger partial charge in [0.2, 0.25) is 5.91 Å². The number of hydrogen-bond donors (Lipinski definition) is 2. The average Bonchev–Trinajstić information content (AvgIpc) is 2.57. The molecule has 2 heterocycles. The molecule has 2 N–H and O–H groups in total. The summed E-state index contributed by atoms with van der Waals surface area (Å²) < 4.78 is 0. The van der Waals surface area contributed by atoms with Gasteiger partial charge in [-0.05, 0) is 45.1 Å². The fourth-order valence-electron chi connectivity index (χ4n) is 3.28. The van der Waals surface area contributed by atoms with Crippen molar-refractivity contribution in [1.29, 1.82) is 0 Å². The van der Waals surface area contributed by atoms with Crippen LogP contribution < -0.4 is 5.32 Å². The molecule has 0 aromatic heterocycles. The lowest BCUT2D eigenvalue weighted by molar-refractivity contribution is -0.121. The average molecular weight is 240 g/mol. The van der Waals surface area contributed by atoms with Crippen LogP contribution in [0.5, 0.6) is 0 Å². The second-order valence-electron chi connectivity index (χ2n) is 5.52. The molecule has 98 valence electrons. The summed E-state index contributed by atoms with van der Waals surface area (Å²) >= 11 is 0. The van der Waals surface area contributed by atoms with Gasteiger partial charge in [0.1, 0.15) is 0 Å². The maximum Gasteiger partial charge on any atom is 0.220 e. The van der Waals surface area contributed by atoms with Gasteiger partial charge in [0, 0.05) is 31.7 Å². The van der Waals surface area contributed by atoms with Crippen molar-refractivity contribution in [2.75, 3.05) is 20.2 Å². The van der Waals surface area contributed by atoms with Gasteiger partial charge in [0.15, 0.2) is 0 Å². The summed E-state index contributed by atoms with van der Waals surface area (Å²) in [4.78, 5) is 14.0. The summed E-state index contributed by atoms with van der Waals surface area (Å²) in [7, 11) is 2.23. The molecule has 0 aromatic carbocycles. The van der Waals surface area contributed by atoms with Crippen molar-refractivity contribution in [2.24, 2.45) is 5.92 Å². The number of carbonyl (C=O) groups is 1. The van der Waals surface area contributed by atoms with Crippen LogP contribution in [0.1, 0.15) is 38.5 Å². The van der Waals surface area contributed by atoms with E-state index in [9.17, 15) is 4.79 Å². The number of carbonyl (C=O) groups excluding carboxylic acids is 1. The second-order valence-corrected chi connectivity index (χ2v) is 5.52. The van der Waals surface area contributed by atoms with Crippen molar-refractivity contribution >= 4 is 5.91 Å². The molecule has 2 aliphatic heterocycles. The number of piperidine rings is 1. The van der Waals surface area contributed by atoms with E-state index in [4.69, 9.17) is 5.11 Å². The zero-order chi connectivity index (χ0) is 12.3. The van der Waals surface area contributed by atoms with Crippen molar-refractivity contribution in [1.82, 2.24) is 10.2 Å². The van der Waals surface area contributed by atoms with Crippen LogP contribution in [0, 0.1) is 5.92 Å². The number of hydrogen-bond acceptors (Lipinski definition) is 3. The SMILES string of the molecule is CN1C2CCC1CC(CNC(=O)CCCO)C2. The van der Waals surface area contributed by atoms with Crippen LogP contribution in [0.4, 0.5) is 0 Å². The van der Waals surface area contributed by atoms with Crippen molar-refractivity contribution in [3.8, 4) is 0 Å². The number of aliphatic hydroxyl groups is 1. The van der Waals surface area contributed by atoms with Gasteiger partial charge < -0.3 is 15.3 Å². The van der Waals surface area contributed by atoms with Crippen LogP contribution in [0.15, 0.2) is 0 Å². The number of rotatable bonds is 5. The van der Waals surface area contributed by atoms with Crippen LogP contribution in [0.3, 0.4) is 0 Å². The van der Waals surface area contributed by atoms with Gasteiger partial charge in [0.25, 0.3) is 0 Å². The Kier molecular flexibility index (Phi) is 4.40. The molecule has 0 spiro atoms. The third-order valence-electron chi connectivity index (χ3n) is 4.35. The summed E-state index contributed by atoms with van der Waals surface area (Å²) in [5, 5.41) is 11.7. The monoisotopic (exact) mass is 240 g/mol. The highest BCUT2D eigenvalue weighted by atomic mass is 16.3. The molecule has 2 saturated heterocycles. The van der Waals surface area contributed by atoms with Gasteiger partial charge in [0.05, 0.1) is 0 Å². The molecule has 4 nitrogen and oxygen atoms in total. The first-order valence-electron chi connectivity index (χ1n) is 6.80. The number of amides is 1. The number of nitrogens with zero attached hydrogens (tertiary/aromatic N) is 1. The van der Waals surface area contributed by atoms with Gasteiger partial charge >= 0.3 is 0 Å². The van der Waals surface area contributed by atoms with Crippen molar-refractivity contribution in [3.63, 3.8) is 0 Å².